The highest BCUT2D eigenvalue weighted by Gasteiger charge is 2.29. The summed E-state index contributed by atoms with van der Waals surface area (Å²) in [6.45, 7) is 4.10. The topological polar surface area (TPSA) is 114 Å². The molecule has 1 aliphatic rings. The van der Waals surface area contributed by atoms with E-state index in [0.29, 0.717) is 29.5 Å². The van der Waals surface area contributed by atoms with Gasteiger partial charge in [-0.25, -0.2) is 9.97 Å². The Balaban J connectivity index is 1.48. The molecule has 0 bridgehead atoms. The predicted molar refractivity (Wildman–Crippen MR) is 147 cm³/mol. The number of carbonyl (C=O) groups is 1. The number of anilines is 3. The summed E-state index contributed by atoms with van der Waals surface area (Å²) >= 11 is 0. The molecule has 0 radical (unpaired) electrons. The highest BCUT2D eigenvalue weighted by molar-refractivity contribution is 6.06. The lowest BCUT2D eigenvalue weighted by molar-refractivity contribution is 0.102. The molecule has 9 heteroatoms. The van der Waals surface area contributed by atoms with Crippen LogP contribution in [-0.2, 0) is 39.3 Å². The molecule has 2 aromatic heterocycles. The maximum absolute atomic E-state index is 13.5. The van der Waals surface area contributed by atoms with Gasteiger partial charge in [-0.2, -0.15) is 5.10 Å². The average Bonchev–Trinajstić information content (AvgIpc) is 3.30. The van der Waals surface area contributed by atoms with Gasteiger partial charge in [-0.3, -0.25) is 9.48 Å². The second-order valence-corrected chi connectivity index (χ2v) is 9.30. The molecular formula is C29H32N6O3. The van der Waals surface area contributed by atoms with E-state index >= 15 is 0 Å². The number of aryl methyl sites for hydroxylation is 4. The monoisotopic (exact) mass is 512 g/mol. The van der Waals surface area contributed by atoms with Crippen molar-refractivity contribution in [3.63, 3.8) is 0 Å². The van der Waals surface area contributed by atoms with Gasteiger partial charge in [0.1, 0.15) is 5.75 Å². The molecule has 0 spiro atoms. The number of benzene rings is 2. The van der Waals surface area contributed by atoms with Crippen LogP contribution in [0.2, 0.25) is 0 Å². The van der Waals surface area contributed by atoms with Gasteiger partial charge >= 0.3 is 0 Å². The third-order valence-corrected chi connectivity index (χ3v) is 7.03. The minimum Gasteiger partial charge on any atom is -0.495 e. The molecule has 0 saturated carbocycles. The lowest BCUT2D eigenvalue weighted by atomic mass is 9.93. The zero-order valence-electron chi connectivity index (χ0n) is 22.1. The molecule has 1 amide bonds. The lowest BCUT2D eigenvalue weighted by Crippen LogP contribution is -2.18. The maximum Gasteiger partial charge on any atom is 0.276 e. The Bertz CT molecular complexity index is 1490. The zero-order valence-corrected chi connectivity index (χ0v) is 22.1. The molecule has 38 heavy (non-hydrogen) atoms. The van der Waals surface area contributed by atoms with Gasteiger partial charge in [-0.15, -0.1) is 0 Å². The Morgan fingerprint density at radius 2 is 1.89 bits per heavy atom. The quantitative estimate of drug-likeness (QED) is 0.316. The van der Waals surface area contributed by atoms with E-state index in [1.165, 1.54) is 0 Å². The predicted octanol–water partition coefficient (Wildman–Crippen LogP) is 4.60. The summed E-state index contributed by atoms with van der Waals surface area (Å²) in [5.41, 5.74) is 8.44. The molecule has 2 heterocycles. The van der Waals surface area contributed by atoms with Gasteiger partial charge < -0.3 is 20.5 Å². The second kappa shape index (κ2) is 10.6. The summed E-state index contributed by atoms with van der Waals surface area (Å²) in [5, 5.41) is 20.5. The van der Waals surface area contributed by atoms with Crippen LogP contribution in [0.5, 0.6) is 5.75 Å². The number of aliphatic hydroxyl groups is 1. The number of para-hydroxylation sites is 1. The molecular weight excluding hydrogens is 480 g/mol. The fourth-order valence-corrected chi connectivity index (χ4v) is 5.03. The smallest absolute Gasteiger partial charge is 0.276 e. The van der Waals surface area contributed by atoms with E-state index in [1.54, 1.807) is 17.9 Å². The minimum atomic E-state index is -0.206. The fourth-order valence-electron chi connectivity index (χ4n) is 5.03. The molecule has 0 aliphatic heterocycles. The molecule has 0 unspecified atom stereocenters. The van der Waals surface area contributed by atoms with Crippen molar-refractivity contribution in [2.45, 2.75) is 46.1 Å². The van der Waals surface area contributed by atoms with E-state index in [4.69, 9.17) is 9.72 Å². The summed E-state index contributed by atoms with van der Waals surface area (Å²) < 4.78 is 7.21. The number of nitrogens with zero attached hydrogens (tertiary/aromatic N) is 4. The van der Waals surface area contributed by atoms with Crippen LogP contribution in [0.4, 0.5) is 17.3 Å². The number of amides is 1. The Morgan fingerprint density at radius 1 is 1.13 bits per heavy atom. The summed E-state index contributed by atoms with van der Waals surface area (Å²) in [4.78, 5) is 22.8. The Hall–Kier alpha value is -4.24. The maximum atomic E-state index is 13.5. The minimum absolute atomic E-state index is 0.0745. The van der Waals surface area contributed by atoms with Crippen LogP contribution in [0.25, 0.3) is 11.4 Å². The normalized spacial score (nSPS) is 12.0. The van der Waals surface area contributed by atoms with Crippen LogP contribution < -0.4 is 15.4 Å². The van der Waals surface area contributed by atoms with Gasteiger partial charge in [0.05, 0.1) is 30.8 Å². The van der Waals surface area contributed by atoms with Crippen LogP contribution in [0.15, 0.2) is 42.6 Å². The molecule has 2 aromatic carbocycles. The molecule has 196 valence electrons. The summed E-state index contributed by atoms with van der Waals surface area (Å²) in [6, 6.07) is 11.5. The first-order valence-electron chi connectivity index (χ1n) is 12.9. The van der Waals surface area contributed by atoms with E-state index in [0.717, 1.165) is 64.2 Å². The molecule has 5 rings (SSSR count). The number of aromatic nitrogens is 4. The number of nitrogens with one attached hydrogen (secondary N) is 2. The molecule has 1 aliphatic carbocycles. The Kier molecular flexibility index (Phi) is 7.11. The van der Waals surface area contributed by atoms with E-state index in [9.17, 15) is 9.90 Å². The summed E-state index contributed by atoms with van der Waals surface area (Å²) in [6.07, 6.45) is 4.88. The summed E-state index contributed by atoms with van der Waals surface area (Å²) in [5.74, 6) is 0.780. The number of rotatable bonds is 8. The molecule has 3 N–H and O–H groups in total. The van der Waals surface area contributed by atoms with E-state index in [-0.39, 0.29) is 12.5 Å². The highest BCUT2D eigenvalue weighted by Crippen LogP contribution is 2.35. The van der Waals surface area contributed by atoms with Crippen molar-refractivity contribution >= 4 is 23.2 Å². The van der Waals surface area contributed by atoms with Gasteiger partial charge in [0.2, 0.25) is 5.95 Å². The number of carbonyl (C=O) groups excluding carboxylic acids is 1. The van der Waals surface area contributed by atoms with E-state index < -0.39 is 0 Å². The van der Waals surface area contributed by atoms with Gasteiger partial charge in [0.15, 0.2) is 5.69 Å². The van der Waals surface area contributed by atoms with E-state index in [1.807, 2.05) is 31.4 Å². The van der Waals surface area contributed by atoms with E-state index in [2.05, 4.69) is 46.7 Å². The first kappa shape index (κ1) is 25.4. The Labute approximate surface area is 221 Å². The van der Waals surface area contributed by atoms with Crippen molar-refractivity contribution in [2.24, 2.45) is 7.05 Å². The molecule has 0 fully saturated rings. The number of fused-ring (bicyclic) bond motifs is 3. The standard InChI is InChI=1S/C29H32N6O3/c1-5-18-8-7-9-19(6-2)24(18)32-28(37)26-21-12-11-20-15-30-29(33-25(20)27(21)35(3)34-26)31-22-13-10-17(16-36)14-23(22)38-4/h7-10,13-15,36H,5-6,11-12,16H2,1-4H3,(H,32,37)(H,30,31,33). The van der Waals surface area contributed by atoms with Crippen molar-refractivity contribution < 1.29 is 14.6 Å². The third-order valence-electron chi connectivity index (χ3n) is 7.03. The van der Waals surface area contributed by atoms with Crippen LogP contribution in [0, 0.1) is 0 Å². The summed E-state index contributed by atoms with van der Waals surface area (Å²) in [7, 11) is 3.42. The van der Waals surface area contributed by atoms with Gasteiger partial charge in [0, 0.05) is 24.5 Å². The number of ether oxygens (including phenoxy) is 1. The number of hydrogen-bond acceptors (Lipinski definition) is 7. The average molecular weight is 513 g/mol. The number of hydrogen-bond donors (Lipinski definition) is 3. The van der Waals surface area contributed by atoms with Gasteiger partial charge in [0.25, 0.3) is 5.91 Å². The molecule has 0 atom stereocenters. The highest BCUT2D eigenvalue weighted by atomic mass is 16.5. The Morgan fingerprint density at radius 3 is 2.58 bits per heavy atom. The van der Waals surface area contributed by atoms with Crippen molar-refractivity contribution in [1.82, 2.24) is 19.7 Å². The van der Waals surface area contributed by atoms with Crippen molar-refractivity contribution in [2.75, 3.05) is 17.7 Å². The number of aliphatic hydroxyl groups excluding tert-OH is 1. The lowest BCUT2D eigenvalue weighted by Gasteiger charge is -2.18. The SMILES string of the molecule is CCc1cccc(CC)c1NC(=O)c1nn(C)c2c1CCc1cnc(Nc3ccc(CO)cc3OC)nc1-2. The first-order valence-corrected chi connectivity index (χ1v) is 12.9. The van der Waals surface area contributed by atoms with Crippen molar-refractivity contribution in [3.05, 3.63) is 76.1 Å². The van der Waals surface area contributed by atoms with Crippen molar-refractivity contribution in [3.8, 4) is 17.1 Å². The van der Waals surface area contributed by atoms with Crippen LogP contribution >= 0.6 is 0 Å². The van der Waals surface area contributed by atoms with Gasteiger partial charge in [-0.05, 0) is 60.1 Å². The van der Waals surface area contributed by atoms with Crippen molar-refractivity contribution in [1.29, 1.82) is 0 Å². The van der Waals surface area contributed by atoms with Crippen LogP contribution in [-0.4, -0.2) is 37.9 Å². The fraction of sp³-hybridized carbons (Fsp3) is 0.310. The second-order valence-electron chi connectivity index (χ2n) is 9.30. The van der Waals surface area contributed by atoms with Crippen LogP contribution in [0.3, 0.4) is 0 Å². The zero-order chi connectivity index (χ0) is 26.8. The molecule has 9 nitrogen and oxygen atoms in total. The molecule has 0 saturated heterocycles. The first-order chi connectivity index (χ1) is 18.5. The van der Waals surface area contributed by atoms with Gasteiger partial charge in [-0.1, -0.05) is 38.1 Å². The van der Waals surface area contributed by atoms with Crippen LogP contribution in [0.1, 0.15) is 52.2 Å². The largest absolute Gasteiger partial charge is 0.495 e. The molecule has 4 aromatic rings. The number of methoxy groups -OCH3 is 1. The third kappa shape index (κ3) is 4.61.